The molecule has 104 valence electrons. The third-order valence-corrected chi connectivity index (χ3v) is 3.49. The van der Waals surface area contributed by atoms with Crippen LogP contribution < -0.4 is 0 Å². The largest absolute Gasteiger partial charge is 0.465 e. The number of hydrogen-bond acceptors (Lipinski definition) is 6. The Bertz CT molecular complexity index is 341. The van der Waals surface area contributed by atoms with Gasteiger partial charge in [-0.15, -0.1) is 0 Å². The van der Waals surface area contributed by atoms with Gasteiger partial charge in [0, 0.05) is 6.92 Å². The van der Waals surface area contributed by atoms with Gasteiger partial charge in [0.25, 0.3) is 0 Å². The minimum Gasteiger partial charge on any atom is -0.465 e. The maximum atomic E-state index is 11.0. The van der Waals surface area contributed by atoms with Crippen molar-refractivity contribution in [1.29, 1.82) is 0 Å². The van der Waals surface area contributed by atoms with Crippen molar-refractivity contribution in [2.75, 3.05) is 13.2 Å². The quantitative estimate of drug-likeness (QED) is 0.741. The summed E-state index contributed by atoms with van der Waals surface area (Å²) in [6.45, 7) is 6.78. The molecule has 0 bridgehead atoms. The van der Waals surface area contributed by atoms with Crippen LogP contribution in [0, 0.1) is 5.41 Å². The second-order valence-electron chi connectivity index (χ2n) is 5.52. The van der Waals surface area contributed by atoms with Gasteiger partial charge in [0.1, 0.15) is 12.7 Å². The van der Waals surface area contributed by atoms with Crippen molar-refractivity contribution in [3.63, 3.8) is 0 Å². The lowest BCUT2D eigenvalue weighted by Gasteiger charge is -2.33. The predicted molar refractivity (Wildman–Crippen MR) is 60.5 cm³/mol. The molecule has 4 unspecified atom stereocenters. The van der Waals surface area contributed by atoms with Crippen LogP contribution in [0.1, 0.15) is 27.7 Å². The molecule has 2 aliphatic heterocycles. The highest BCUT2D eigenvalue weighted by molar-refractivity contribution is 5.65. The first-order valence-electron chi connectivity index (χ1n) is 6.04. The van der Waals surface area contributed by atoms with E-state index in [-0.39, 0.29) is 25.3 Å². The van der Waals surface area contributed by atoms with Crippen molar-refractivity contribution in [2.45, 2.75) is 52.0 Å². The normalized spacial score (nSPS) is 41.7. The van der Waals surface area contributed by atoms with Gasteiger partial charge in [-0.25, -0.2) is 0 Å². The number of carbonyl (C=O) groups excluding carboxylic acids is 1. The van der Waals surface area contributed by atoms with Crippen LogP contribution in [0.2, 0.25) is 0 Å². The number of carbonyl (C=O) groups is 1. The maximum Gasteiger partial charge on any atom is 0.302 e. The molecule has 0 amide bonds. The molecule has 2 fully saturated rings. The van der Waals surface area contributed by atoms with Gasteiger partial charge >= 0.3 is 5.97 Å². The highest BCUT2D eigenvalue weighted by atomic mass is 16.8. The van der Waals surface area contributed by atoms with Crippen LogP contribution in [-0.2, 0) is 23.7 Å². The monoisotopic (exact) mass is 260 g/mol. The van der Waals surface area contributed by atoms with E-state index in [1.54, 1.807) is 13.8 Å². The number of rotatable bonds is 3. The molecule has 6 heteroatoms. The number of aliphatic hydroxyl groups is 1. The number of ether oxygens (including phenoxy) is 4. The molecule has 18 heavy (non-hydrogen) atoms. The minimum absolute atomic E-state index is 0.133. The van der Waals surface area contributed by atoms with Gasteiger partial charge < -0.3 is 24.1 Å². The Labute approximate surface area is 106 Å². The Morgan fingerprint density at radius 3 is 2.56 bits per heavy atom. The second-order valence-corrected chi connectivity index (χ2v) is 5.52. The van der Waals surface area contributed by atoms with Gasteiger partial charge in [-0.05, 0) is 13.8 Å². The van der Waals surface area contributed by atoms with Gasteiger partial charge in [-0.3, -0.25) is 4.79 Å². The van der Waals surface area contributed by atoms with Crippen LogP contribution in [0.25, 0.3) is 0 Å². The van der Waals surface area contributed by atoms with Crippen molar-refractivity contribution in [2.24, 2.45) is 5.41 Å². The average molecular weight is 260 g/mol. The van der Waals surface area contributed by atoms with E-state index < -0.39 is 23.6 Å². The molecule has 2 aliphatic rings. The lowest BCUT2D eigenvalue weighted by molar-refractivity contribution is -0.225. The highest BCUT2D eigenvalue weighted by Crippen LogP contribution is 2.47. The first-order chi connectivity index (χ1) is 8.28. The van der Waals surface area contributed by atoms with E-state index in [1.807, 2.05) is 6.92 Å². The predicted octanol–water partition coefficient (Wildman–Crippen LogP) is 0.424. The molecule has 0 aliphatic carbocycles. The Morgan fingerprint density at radius 1 is 1.33 bits per heavy atom. The van der Waals surface area contributed by atoms with E-state index in [1.165, 1.54) is 6.92 Å². The zero-order valence-corrected chi connectivity index (χ0v) is 11.1. The standard InChI is InChI=1S/C12H20O6/c1-7(14)15-6-12(4)8(5-13)16-10-9(12)17-11(2,3)18-10/h8-10,13H,5-6H2,1-4H3. The van der Waals surface area contributed by atoms with Gasteiger partial charge in [0.2, 0.25) is 0 Å². The first kappa shape index (κ1) is 13.7. The van der Waals surface area contributed by atoms with Crippen molar-refractivity contribution in [1.82, 2.24) is 0 Å². The van der Waals surface area contributed by atoms with E-state index >= 15 is 0 Å². The summed E-state index contributed by atoms with van der Waals surface area (Å²) in [5.41, 5.74) is -0.612. The summed E-state index contributed by atoms with van der Waals surface area (Å²) in [5, 5.41) is 9.38. The number of fused-ring (bicyclic) bond motifs is 1. The summed E-state index contributed by atoms with van der Waals surface area (Å²) < 4.78 is 22.1. The third kappa shape index (κ3) is 2.25. The summed E-state index contributed by atoms with van der Waals surface area (Å²) in [6.07, 6.45) is -1.36. The fourth-order valence-corrected chi connectivity index (χ4v) is 2.46. The summed E-state index contributed by atoms with van der Waals surface area (Å²) in [4.78, 5) is 11.0. The Hall–Kier alpha value is -0.690. The van der Waals surface area contributed by atoms with Crippen LogP contribution in [0.3, 0.4) is 0 Å². The van der Waals surface area contributed by atoms with Crippen molar-refractivity contribution >= 4 is 5.97 Å². The van der Waals surface area contributed by atoms with E-state index in [4.69, 9.17) is 18.9 Å². The smallest absolute Gasteiger partial charge is 0.302 e. The van der Waals surface area contributed by atoms with Gasteiger partial charge in [-0.2, -0.15) is 0 Å². The van der Waals surface area contributed by atoms with Gasteiger partial charge in [0.15, 0.2) is 12.1 Å². The number of esters is 1. The van der Waals surface area contributed by atoms with Gasteiger partial charge in [-0.1, -0.05) is 6.92 Å². The van der Waals surface area contributed by atoms with Crippen molar-refractivity contribution < 1.29 is 28.8 Å². The van der Waals surface area contributed by atoms with E-state index in [0.717, 1.165) is 0 Å². The molecule has 4 atom stereocenters. The molecule has 0 saturated carbocycles. The maximum absolute atomic E-state index is 11.0. The van der Waals surface area contributed by atoms with Crippen LogP contribution in [0.4, 0.5) is 0 Å². The summed E-state index contributed by atoms with van der Waals surface area (Å²) in [6, 6.07) is 0. The molecule has 1 N–H and O–H groups in total. The topological polar surface area (TPSA) is 74.2 Å². The molecule has 0 radical (unpaired) electrons. The molecule has 6 nitrogen and oxygen atoms in total. The lowest BCUT2D eigenvalue weighted by Crippen LogP contribution is -2.45. The van der Waals surface area contributed by atoms with Crippen LogP contribution in [-0.4, -0.2) is 48.6 Å². The van der Waals surface area contributed by atoms with Gasteiger partial charge in [0.05, 0.1) is 18.1 Å². The molecule has 2 heterocycles. The number of hydrogen-bond donors (Lipinski definition) is 1. The fourth-order valence-electron chi connectivity index (χ4n) is 2.46. The van der Waals surface area contributed by atoms with E-state index in [0.29, 0.717) is 0 Å². The summed E-state index contributed by atoms with van der Waals surface area (Å²) >= 11 is 0. The van der Waals surface area contributed by atoms with Crippen LogP contribution >= 0.6 is 0 Å². The SMILES string of the molecule is CC(=O)OCC1(C)C(CO)OC2OC(C)(C)OC21. The molecular weight excluding hydrogens is 240 g/mol. The second kappa shape index (κ2) is 4.45. The fraction of sp³-hybridized carbons (Fsp3) is 0.917. The lowest BCUT2D eigenvalue weighted by atomic mass is 9.81. The van der Waals surface area contributed by atoms with E-state index in [9.17, 15) is 9.90 Å². The summed E-state index contributed by atoms with van der Waals surface area (Å²) in [7, 11) is 0. The third-order valence-electron chi connectivity index (χ3n) is 3.49. The molecule has 0 aromatic carbocycles. The minimum atomic E-state index is -0.729. The molecule has 0 spiro atoms. The van der Waals surface area contributed by atoms with Crippen LogP contribution in [0.5, 0.6) is 0 Å². The average Bonchev–Trinajstić information content (AvgIpc) is 2.69. The molecule has 2 rings (SSSR count). The Morgan fingerprint density at radius 2 is 2.00 bits per heavy atom. The highest BCUT2D eigenvalue weighted by Gasteiger charge is 2.61. The Balaban J connectivity index is 2.16. The van der Waals surface area contributed by atoms with E-state index in [2.05, 4.69) is 0 Å². The zero-order chi connectivity index (χ0) is 13.6. The van der Waals surface area contributed by atoms with Crippen molar-refractivity contribution in [3.8, 4) is 0 Å². The molecule has 0 aromatic rings. The molecular formula is C12H20O6. The Kier molecular flexibility index (Phi) is 3.40. The molecule has 0 aromatic heterocycles. The molecule has 2 saturated heterocycles. The zero-order valence-electron chi connectivity index (χ0n) is 11.1. The number of aliphatic hydroxyl groups excluding tert-OH is 1. The van der Waals surface area contributed by atoms with Crippen molar-refractivity contribution in [3.05, 3.63) is 0 Å². The first-order valence-corrected chi connectivity index (χ1v) is 6.04. The summed E-state index contributed by atoms with van der Waals surface area (Å²) in [5.74, 6) is -1.10. The van der Waals surface area contributed by atoms with Crippen LogP contribution in [0.15, 0.2) is 0 Å².